The van der Waals surface area contributed by atoms with Crippen molar-refractivity contribution in [3.05, 3.63) is 35.9 Å². The Bertz CT molecular complexity index is 548. The monoisotopic (exact) mass is 326 g/mol. The summed E-state index contributed by atoms with van der Waals surface area (Å²) >= 11 is 0. The number of hydrogen-bond donors (Lipinski definition) is 0. The predicted molar refractivity (Wildman–Crippen MR) is 88.2 cm³/mol. The van der Waals surface area contributed by atoms with Crippen molar-refractivity contribution in [3.8, 4) is 0 Å². The van der Waals surface area contributed by atoms with Crippen molar-refractivity contribution >= 4 is 10.0 Å². The maximum Gasteiger partial charge on any atom is 0.218 e. The smallest absolute Gasteiger partial charge is 0.218 e. The molecule has 0 amide bonds. The third-order valence-corrected chi connectivity index (χ3v) is 6.46. The number of benzene rings is 1. The van der Waals surface area contributed by atoms with Gasteiger partial charge in [-0.15, -0.1) is 0 Å². The first-order valence-electron chi connectivity index (χ1n) is 7.74. The van der Waals surface area contributed by atoms with E-state index < -0.39 is 10.0 Å². The molecule has 1 aromatic rings. The summed E-state index contributed by atoms with van der Waals surface area (Å²) in [5, 5.41) is -0.313. The molecule has 0 aliphatic carbocycles. The molecule has 0 N–H and O–H groups in total. The largest absolute Gasteiger partial charge is 0.383 e. The number of sulfonamides is 1. The van der Waals surface area contributed by atoms with Gasteiger partial charge in [-0.05, 0) is 24.9 Å². The molecule has 1 saturated heterocycles. The van der Waals surface area contributed by atoms with Gasteiger partial charge in [0.1, 0.15) is 0 Å². The molecule has 1 heterocycles. The first kappa shape index (κ1) is 17.4. The third kappa shape index (κ3) is 4.52. The van der Waals surface area contributed by atoms with Gasteiger partial charge in [0.25, 0.3) is 0 Å². The van der Waals surface area contributed by atoms with Gasteiger partial charge in [-0.25, -0.2) is 12.7 Å². The van der Waals surface area contributed by atoms with Gasteiger partial charge in [-0.2, -0.15) is 0 Å². The maximum absolute atomic E-state index is 12.6. The average molecular weight is 326 g/mol. The van der Waals surface area contributed by atoms with Crippen LogP contribution in [-0.4, -0.2) is 63.3 Å². The molecule has 1 aromatic carbocycles. The van der Waals surface area contributed by atoms with Crippen molar-refractivity contribution in [1.82, 2.24) is 9.21 Å². The molecule has 124 valence electrons. The minimum atomic E-state index is -3.25. The van der Waals surface area contributed by atoms with Gasteiger partial charge >= 0.3 is 0 Å². The van der Waals surface area contributed by atoms with Gasteiger partial charge in [0, 0.05) is 33.8 Å². The molecule has 1 atom stereocenters. The molecule has 0 radical (unpaired) electrons. The molecular formula is C16H26N2O3S. The lowest BCUT2D eigenvalue weighted by Gasteiger charge is -2.34. The van der Waals surface area contributed by atoms with Gasteiger partial charge in [0.2, 0.25) is 10.0 Å². The molecule has 0 spiro atoms. The summed E-state index contributed by atoms with van der Waals surface area (Å²) in [6.07, 6.45) is 1.67. The second-order valence-corrected chi connectivity index (χ2v) is 8.16. The quantitative estimate of drug-likeness (QED) is 0.763. The number of piperidine rings is 1. The van der Waals surface area contributed by atoms with Gasteiger partial charge in [-0.3, -0.25) is 4.90 Å². The fourth-order valence-corrected chi connectivity index (χ4v) is 4.54. The molecule has 1 aliphatic rings. The van der Waals surface area contributed by atoms with Crippen LogP contribution in [0.15, 0.2) is 30.3 Å². The Morgan fingerprint density at radius 2 is 2.05 bits per heavy atom. The third-order valence-electron chi connectivity index (χ3n) is 4.18. The molecule has 0 saturated carbocycles. The number of likely N-dealkylation sites (N-methyl/N-ethyl adjacent to an activating group) is 1. The van der Waals surface area contributed by atoms with E-state index in [1.165, 1.54) is 9.87 Å². The van der Waals surface area contributed by atoms with Crippen molar-refractivity contribution in [3.63, 3.8) is 0 Å². The van der Waals surface area contributed by atoms with Crippen LogP contribution in [0.1, 0.15) is 18.4 Å². The minimum Gasteiger partial charge on any atom is -0.383 e. The standard InChI is InChI=1S/C16H26N2O3S/c1-17(11-12-21-2)22(19,20)16-9-6-10-18(14-16)13-15-7-4-3-5-8-15/h3-5,7-8,16H,6,9-14H2,1-2H3/t16-/m1/s1. The summed E-state index contributed by atoms with van der Waals surface area (Å²) in [7, 11) is -0.0185. The summed E-state index contributed by atoms with van der Waals surface area (Å²) in [5.74, 6) is 0. The zero-order valence-corrected chi connectivity index (χ0v) is 14.3. The van der Waals surface area contributed by atoms with Gasteiger partial charge in [-0.1, -0.05) is 30.3 Å². The molecule has 22 heavy (non-hydrogen) atoms. The van der Waals surface area contributed by atoms with Crippen LogP contribution in [0.2, 0.25) is 0 Å². The van der Waals surface area contributed by atoms with Crippen molar-refractivity contribution in [2.45, 2.75) is 24.6 Å². The highest BCUT2D eigenvalue weighted by Crippen LogP contribution is 2.21. The van der Waals surface area contributed by atoms with Crippen LogP contribution in [0.5, 0.6) is 0 Å². The predicted octanol–water partition coefficient (Wildman–Crippen LogP) is 1.56. The van der Waals surface area contributed by atoms with E-state index in [0.717, 1.165) is 25.9 Å². The molecule has 6 heteroatoms. The summed E-state index contributed by atoms with van der Waals surface area (Å²) < 4.78 is 31.7. The lowest BCUT2D eigenvalue weighted by molar-refractivity contribution is 0.182. The van der Waals surface area contributed by atoms with Gasteiger partial charge < -0.3 is 4.74 Å². The van der Waals surface area contributed by atoms with Gasteiger partial charge in [0.15, 0.2) is 0 Å². The molecule has 5 nitrogen and oxygen atoms in total. The normalized spacial score (nSPS) is 20.4. The first-order chi connectivity index (χ1) is 10.5. The Labute approximate surface area is 133 Å². The highest BCUT2D eigenvalue weighted by molar-refractivity contribution is 7.89. The van der Waals surface area contributed by atoms with Crippen LogP contribution in [0, 0.1) is 0 Å². The lowest BCUT2D eigenvalue weighted by atomic mass is 10.1. The van der Waals surface area contributed by atoms with E-state index in [-0.39, 0.29) is 5.25 Å². The van der Waals surface area contributed by atoms with Crippen LogP contribution < -0.4 is 0 Å². The van der Waals surface area contributed by atoms with Crippen LogP contribution in [0.25, 0.3) is 0 Å². The maximum atomic E-state index is 12.6. The Morgan fingerprint density at radius 3 is 2.73 bits per heavy atom. The Balaban J connectivity index is 1.97. The number of methoxy groups -OCH3 is 1. The number of hydrogen-bond acceptors (Lipinski definition) is 4. The average Bonchev–Trinajstić information content (AvgIpc) is 2.53. The highest BCUT2D eigenvalue weighted by atomic mass is 32.2. The van der Waals surface area contributed by atoms with Crippen molar-refractivity contribution in [1.29, 1.82) is 0 Å². The molecule has 1 aliphatic heterocycles. The van der Waals surface area contributed by atoms with E-state index in [2.05, 4.69) is 17.0 Å². The van der Waals surface area contributed by atoms with E-state index in [1.807, 2.05) is 18.2 Å². The molecular weight excluding hydrogens is 300 g/mol. The van der Waals surface area contributed by atoms with E-state index in [9.17, 15) is 8.42 Å². The Kier molecular flexibility index (Phi) is 6.37. The number of likely N-dealkylation sites (tertiary alicyclic amines) is 1. The Hall–Kier alpha value is -0.950. The van der Waals surface area contributed by atoms with E-state index >= 15 is 0 Å². The summed E-state index contributed by atoms with van der Waals surface area (Å²) in [5.41, 5.74) is 1.23. The van der Waals surface area contributed by atoms with Crippen LogP contribution in [-0.2, 0) is 21.3 Å². The molecule has 0 aromatic heterocycles. The van der Waals surface area contributed by atoms with E-state index in [4.69, 9.17) is 4.74 Å². The van der Waals surface area contributed by atoms with Crippen LogP contribution in [0.4, 0.5) is 0 Å². The molecule has 1 fully saturated rings. The molecule has 2 rings (SSSR count). The van der Waals surface area contributed by atoms with Crippen LogP contribution in [0.3, 0.4) is 0 Å². The lowest BCUT2D eigenvalue weighted by Crippen LogP contribution is -2.47. The van der Waals surface area contributed by atoms with E-state index in [0.29, 0.717) is 19.7 Å². The SMILES string of the molecule is COCCN(C)S(=O)(=O)[C@@H]1CCCN(Cc2ccccc2)C1. The first-order valence-corrected chi connectivity index (χ1v) is 9.24. The topological polar surface area (TPSA) is 49.9 Å². The number of nitrogens with zero attached hydrogens (tertiary/aromatic N) is 2. The van der Waals surface area contributed by atoms with Crippen LogP contribution >= 0.6 is 0 Å². The zero-order valence-electron chi connectivity index (χ0n) is 13.4. The summed E-state index contributed by atoms with van der Waals surface area (Å²) in [6.45, 7) is 3.22. The molecule has 0 bridgehead atoms. The molecule has 0 unspecified atom stereocenters. The number of rotatable bonds is 7. The van der Waals surface area contributed by atoms with Gasteiger partial charge in [0.05, 0.1) is 11.9 Å². The number of ether oxygens (including phenoxy) is 1. The summed E-state index contributed by atoms with van der Waals surface area (Å²) in [6, 6.07) is 10.2. The van der Waals surface area contributed by atoms with E-state index in [1.54, 1.807) is 14.2 Å². The van der Waals surface area contributed by atoms with Crippen molar-refractivity contribution in [2.75, 3.05) is 40.4 Å². The second-order valence-electron chi connectivity index (χ2n) is 5.84. The fourth-order valence-electron chi connectivity index (χ4n) is 2.84. The van der Waals surface area contributed by atoms with Crippen molar-refractivity contribution < 1.29 is 13.2 Å². The second kappa shape index (κ2) is 8.06. The fraction of sp³-hybridized carbons (Fsp3) is 0.625. The van der Waals surface area contributed by atoms with Crippen molar-refractivity contribution in [2.24, 2.45) is 0 Å². The zero-order chi connectivity index (χ0) is 16.0. The highest BCUT2D eigenvalue weighted by Gasteiger charge is 2.33. The summed E-state index contributed by atoms with van der Waals surface area (Å²) in [4.78, 5) is 2.24. The minimum absolute atomic E-state index is 0.313. The Morgan fingerprint density at radius 1 is 1.32 bits per heavy atom.